The van der Waals surface area contributed by atoms with E-state index >= 15 is 0 Å². The summed E-state index contributed by atoms with van der Waals surface area (Å²) in [6.07, 6.45) is 2.01. The van der Waals surface area contributed by atoms with Gasteiger partial charge in [0.25, 0.3) is 0 Å². The molecule has 0 bridgehead atoms. The van der Waals surface area contributed by atoms with Crippen LogP contribution in [0.5, 0.6) is 0 Å². The molecule has 0 radical (unpaired) electrons. The maximum absolute atomic E-state index is 14.1. The zero-order valence-corrected chi connectivity index (χ0v) is 20.2. The Morgan fingerprint density at radius 2 is 1.83 bits per heavy atom. The van der Waals surface area contributed by atoms with Crippen molar-refractivity contribution in [2.45, 2.75) is 25.3 Å². The van der Waals surface area contributed by atoms with Gasteiger partial charge in [-0.15, -0.1) is 24.0 Å². The molecule has 1 N–H and O–H groups in total. The molecular weight excluding hydrogens is 484 g/mol. The first kappa shape index (κ1) is 24.1. The van der Waals surface area contributed by atoms with E-state index < -0.39 is 0 Å². The third-order valence-electron chi connectivity index (χ3n) is 6.00. The molecule has 0 unspecified atom stereocenters. The van der Waals surface area contributed by atoms with Gasteiger partial charge in [-0.2, -0.15) is 0 Å². The van der Waals surface area contributed by atoms with E-state index in [2.05, 4.69) is 41.0 Å². The van der Waals surface area contributed by atoms with Gasteiger partial charge < -0.3 is 24.8 Å². The first-order valence-corrected chi connectivity index (χ1v) is 10.3. The molecular formula is C21H35FIN5O. The molecule has 0 aromatic heterocycles. The molecule has 2 fully saturated rings. The first-order valence-electron chi connectivity index (χ1n) is 10.3. The molecule has 0 amide bonds. The number of benzene rings is 1. The van der Waals surface area contributed by atoms with Crippen LogP contribution in [0, 0.1) is 5.82 Å². The fourth-order valence-electron chi connectivity index (χ4n) is 4.01. The Morgan fingerprint density at radius 3 is 2.41 bits per heavy atom. The van der Waals surface area contributed by atoms with Crippen LogP contribution in [-0.2, 0) is 4.74 Å². The molecule has 6 nitrogen and oxygen atoms in total. The third kappa shape index (κ3) is 5.95. The van der Waals surface area contributed by atoms with Crippen molar-refractivity contribution in [3.05, 3.63) is 30.1 Å². The normalized spacial score (nSPS) is 19.8. The summed E-state index contributed by atoms with van der Waals surface area (Å²) in [7, 11) is 4.28. The highest BCUT2D eigenvalue weighted by Gasteiger charge is 2.35. The lowest BCUT2D eigenvalue weighted by atomic mass is 9.89. The van der Waals surface area contributed by atoms with Gasteiger partial charge in [-0.1, -0.05) is 12.1 Å². The number of rotatable bonds is 5. The summed E-state index contributed by atoms with van der Waals surface area (Å²) in [5.41, 5.74) is 0.756. The van der Waals surface area contributed by atoms with Gasteiger partial charge in [-0.05, 0) is 46.0 Å². The molecule has 2 saturated heterocycles. The summed E-state index contributed by atoms with van der Waals surface area (Å²) in [5.74, 6) is 0.812. The number of hydrogen-bond acceptors (Lipinski definition) is 4. The zero-order chi connectivity index (χ0) is 20.0. The van der Waals surface area contributed by atoms with Gasteiger partial charge in [0.15, 0.2) is 5.96 Å². The minimum absolute atomic E-state index is 0. The molecule has 164 valence electrons. The summed E-state index contributed by atoms with van der Waals surface area (Å²) in [5, 5.41) is 3.45. The van der Waals surface area contributed by atoms with Crippen LogP contribution < -0.4 is 10.2 Å². The minimum atomic E-state index is -0.149. The van der Waals surface area contributed by atoms with Crippen molar-refractivity contribution < 1.29 is 9.13 Å². The van der Waals surface area contributed by atoms with Crippen molar-refractivity contribution in [3.63, 3.8) is 0 Å². The van der Waals surface area contributed by atoms with Crippen LogP contribution in [0.25, 0.3) is 0 Å². The number of hydrogen-bond donors (Lipinski definition) is 1. The predicted octanol–water partition coefficient (Wildman–Crippen LogP) is 2.64. The Hall–Kier alpha value is -1.13. The van der Waals surface area contributed by atoms with Crippen LogP contribution in [0.1, 0.15) is 19.8 Å². The van der Waals surface area contributed by atoms with Crippen LogP contribution in [0.4, 0.5) is 10.1 Å². The molecule has 2 aliphatic heterocycles. The van der Waals surface area contributed by atoms with E-state index in [0.717, 1.165) is 71.3 Å². The average Bonchev–Trinajstić information content (AvgIpc) is 2.72. The molecule has 0 aliphatic carbocycles. The van der Waals surface area contributed by atoms with Gasteiger partial charge in [0.05, 0.1) is 12.2 Å². The zero-order valence-electron chi connectivity index (χ0n) is 17.9. The lowest BCUT2D eigenvalue weighted by Crippen LogP contribution is -2.54. The highest BCUT2D eigenvalue weighted by Crippen LogP contribution is 2.26. The average molecular weight is 519 g/mol. The summed E-state index contributed by atoms with van der Waals surface area (Å²) in [6.45, 7) is 8.54. The van der Waals surface area contributed by atoms with Gasteiger partial charge >= 0.3 is 0 Å². The van der Waals surface area contributed by atoms with Crippen molar-refractivity contribution in [2.24, 2.45) is 4.99 Å². The molecule has 3 rings (SSSR count). The number of nitrogens with one attached hydrogen (secondary N) is 1. The molecule has 2 heterocycles. The molecule has 2 aliphatic rings. The third-order valence-corrected chi connectivity index (χ3v) is 6.00. The van der Waals surface area contributed by atoms with E-state index in [4.69, 9.17) is 9.73 Å². The number of nitrogens with zero attached hydrogens (tertiary/aromatic N) is 4. The number of halogens is 2. The van der Waals surface area contributed by atoms with E-state index in [-0.39, 0.29) is 35.3 Å². The van der Waals surface area contributed by atoms with E-state index in [1.54, 1.807) is 6.07 Å². The van der Waals surface area contributed by atoms with Crippen LogP contribution in [0.3, 0.4) is 0 Å². The molecule has 0 spiro atoms. The topological polar surface area (TPSA) is 43.3 Å². The number of piperazine rings is 1. The standard InChI is InChI=1S/C21H34FN5O.HI/c1-4-23-20(24-17-21(25(2)3)9-15-28-16-10-21)27-13-11-26(12-14-27)19-8-6-5-7-18(19)22;/h5-8H,4,9-17H2,1-3H3,(H,23,24);1H. The number of ether oxygens (including phenoxy) is 1. The summed E-state index contributed by atoms with van der Waals surface area (Å²) in [6, 6.07) is 7.02. The predicted molar refractivity (Wildman–Crippen MR) is 128 cm³/mol. The SMILES string of the molecule is CCNC(=NCC1(N(C)C)CCOCC1)N1CCN(c2ccccc2F)CC1.I. The van der Waals surface area contributed by atoms with Crippen molar-refractivity contribution >= 4 is 35.6 Å². The lowest BCUT2D eigenvalue weighted by Gasteiger charge is -2.42. The lowest BCUT2D eigenvalue weighted by molar-refractivity contribution is -0.00264. The second-order valence-electron chi connectivity index (χ2n) is 7.83. The highest BCUT2D eigenvalue weighted by atomic mass is 127. The smallest absolute Gasteiger partial charge is 0.194 e. The van der Waals surface area contributed by atoms with Crippen molar-refractivity contribution in [2.75, 3.05) is 71.5 Å². The molecule has 0 atom stereocenters. The Bertz CT molecular complexity index is 658. The summed E-state index contributed by atoms with van der Waals surface area (Å²) >= 11 is 0. The van der Waals surface area contributed by atoms with Gasteiger partial charge in [-0.3, -0.25) is 4.99 Å². The molecule has 29 heavy (non-hydrogen) atoms. The van der Waals surface area contributed by atoms with Crippen molar-refractivity contribution in [1.29, 1.82) is 0 Å². The fraction of sp³-hybridized carbons (Fsp3) is 0.667. The number of aliphatic imine (C=N–C) groups is 1. The van der Waals surface area contributed by atoms with E-state index in [1.165, 1.54) is 6.07 Å². The number of para-hydroxylation sites is 1. The number of likely N-dealkylation sites (N-methyl/N-ethyl adjacent to an activating group) is 1. The van der Waals surface area contributed by atoms with Crippen molar-refractivity contribution in [3.8, 4) is 0 Å². The Morgan fingerprint density at radius 1 is 1.17 bits per heavy atom. The maximum Gasteiger partial charge on any atom is 0.194 e. The largest absolute Gasteiger partial charge is 0.381 e. The first-order chi connectivity index (χ1) is 13.6. The van der Waals surface area contributed by atoms with Crippen LogP contribution in [0.2, 0.25) is 0 Å². The highest BCUT2D eigenvalue weighted by molar-refractivity contribution is 14.0. The second-order valence-corrected chi connectivity index (χ2v) is 7.83. The van der Waals surface area contributed by atoms with Gasteiger partial charge in [0, 0.05) is 51.5 Å². The second kappa shape index (κ2) is 11.3. The Labute approximate surface area is 191 Å². The number of guanidine groups is 1. The molecule has 1 aromatic carbocycles. The number of anilines is 1. The monoisotopic (exact) mass is 519 g/mol. The van der Waals surface area contributed by atoms with Gasteiger partial charge in [0.1, 0.15) is 5.82 Å². The maximum atomic E-state index is 14.1. The quantitative estimate of drug-likeness (QED) is 0.368. The summed E-state index contributed by atoms with van der Waals surface area (Å²) < 4.78 is 19.7. The summed E-state index contributed by atoms with van der Waals surface area (Å²) in [4.78, 5) is 11.7. The van der Waals surface area contributed by atoms with E-state index in [0.29, 0.717) is 5.69 Å². The van der Waals surface area contributed by atoms with Gasteiger partial charge in [0.2, 0.25) is 0 Å². The van der Waals surface area contributed by atoms with Gasteiger partial charge in [-0.25, -0.2) is 4.39 Å². The van der Waals surface area contributed by atoms with E-state index in [1.807, 2.05) is 12.1 Å². The Kier molecular flexibility index (Phi) is 9.42. The molecule has 0 saturated carbocycles. The fourth-order valence-corrected chi connectivity index (χ4v) is 4.01. The van der Waals surface area contributed by atoms with Crippen LogP contribution in [-0.4, -0.2) is 87.9 Å². The molecule has 8 heteroatoms. The van der Waals surface area contributed by atoms with E-state index in [9.17, 15) is 4.39 Å². The molecule has 1 aromatic rings. The Balaban J connectivity index is 0.00000300. The minimum Gasteiger partial charge on any atom is -0.381 e. The van der Waals surface area contributed by atoms with Crippen LogP contribution in [0.15, 0.2) is 29.3 Å². The van der Waals surface area contributed by atoms with Crippen LogP contribution >= 0.6 is 24.0 Å². The van der Waals surface area contributed by atoms with Crippen molar-refractivity contribution in [1.82, 2.24) is 15.1 Å².